The van der Waals surface area contributed by atoms with Crippen LogP contribution < -0.4 is 5.32 Å². The lowest BCUT2D eigenvalue weighted by Crippen LogP contribution is -2.45. The summed E-state index contributed by atoms with van der Waals surface area (Å²) in [5.74, 6) is -3.39. The van der Waals surface area contributed by atoms with Crippen molar-refractivity contribution in [1.29, 1.82) is 0 Å². The zero-order valence-electron chi connectivity index (χ0n) is 7.84. The maximum absolute atomic E-state index is 12.5. The fraction of sp³-hybridized carbons (Fsp3) is 0.750. The highest BCUT2D eigenvalue weighted by molar-refractivity contribution is 6.05. The smallest absolute Gasteiger partial charge is 0.305 e. The first-order valence-corrected chi connectivity index (χ1v) is 4.45. The monoisotopic (exact) mass is 222 g/mol. The molecule has 2 heterocycles. The SMILES string of the molecule is CN1C(=O)[C@H]2[C@@H](CN[C@@H]2C(F)(F)F)C1=O. The Labute approximate surface area is 83.4 Å². The average Bonchev–Trinajstić information content (AvgIpc) is 2.63. The highest BCUT2D eigenvalue weighted by atomic mass is 19.4. The van der Waals surface area contributed by atoms with Crippen LogP contribution in [0.15, 0.2) is 0 Å². The van der Waals surface area contributed by atoms with E-state index in [9.17, 15) is 22.8 Å². The minimum atomic E-state index is -4.49. The number of alkyl halides is 3. The van der Waals surface area contributed by atoms with Gasteiger partial charge in [-0.05, 0) is 0 Å². The topological polar surface area (TPSA) is 49.4 Å². The molecule has 15 heavy (non-hydrogen) atoms. The molecule has 7 heteroatoms. The Bertz CT molecular complexity index is 328. The number of amides is 2. The standard InChI is InChI=1S/C8H9F3N2O2/c1-13-6(14)3-2-12-5(8(9,10)11)4(3)7(13)15/h3-5,12H,2H2,1H3/t3-,4+,5+/m1/s1. The van der Waals surface area contributed by atoms with Gasteiger partial charge in [-0.2, -0.15) is 13.2 Å². The van der Waals surface area contributed by atoms with Gasteiger partial charge in [-0.15, -0.1) is 0 Å². The van der Waals surface area contributed by atoms with Crippen molar-refractivity contribution in [2.45, 2.75) is 12.2 Å². The summed E-state index contributed by atoms with van der Waals surface area (Å²) in [6.07, 6.45) is -4.49. The molecular formula is C8H9F3N2O2. The molecule has 0 saturated carbocycles. The van der Waals surface area contributed by atoms with Crippen LogP contribution in [0.1, 0.15) is 0 Å². The molecule has 0 aromatic heterocycles. The number of nitrogens with zero attached hydrogens (tertiary/aromatic N) is 1. The van der Waals surface area contributed by atoms with E-state index in [4.69, 9.17) is 0 Å². The molecule has 0 unspecified atom stereocenters. The van der Waals surface area contributed by atoms with Crippen molar-refractivity contribution in [1.82, 2.24) is 10.2 Å². The number of halogens is 3. The second kappa shape index (κ2) is 2.94. The van der Waals surface area contributed by atoms with Crippen LogP contribution in [-0.2, 0) is 9.59 Å². The number of rotatable bonds is 0. The fourth-order valence-electron chi connectivity index (χ4n) is 2.20. The molecule has 0 bridgehead atoms. The van der Waals surface area contributed by atoms with Crippen molar-refractivity contribution >= 4 is 11.8 Å². The molecule has 3 atom stereocenters. The summed E-state index contributed by atoms with van der Waals surface area (Å²) in [4.78, 5) is 23.6. The summed E-state index contributed by atoms with van der Waals surface area (Å²) in [5, 5.41) is 2.19. The maximum Gasteiger partial charge on any atom is 0.404 e. The van der Waals surface area contributed by atoms with Crippen molar-refractivity contribution < 1.29 is 22.8 Å². The lowest BCUT2D eigenvalue weighted by molar-refractivity contribution is -0.167. The molecule has 2 rings (SSSR count). The van der Waals surface area contributed by atoms with Crippen molar-refractivity contribution in [2.24, 2.45) is 11.8 Å². The fourth-order valence-corrected chi connectivity index (χ4v) is 2.20. The lowest BCUT2D eigenvalue weighted by Gasteiger charge is -2.20. The Morgan fingerprint density at radius 1 is 1.33 bits per heavy atom. The zero-order valence-corrected chi connectivity index (χ0v) is 7.84. The Hall–Kier alpha value is -1.11. The Balaban J connectivity index is 2.31. The number of fused-ring (bicyclic) bond motifs is 1. The van der Waals surface area contributed by atoms with Gasteiger partial charge in [0.15, 0.2) is 0 Å². The van der Waals surface area contributed by atoms with Crippen LogP contribution in [0.2, 0.25) is 0 Å². The van der Waals surface area contributed by atoms with E-state index in [1.807, 2.05) is 0 Å². The highest BCUT2D eigenvalue weighted by Gasteiger charge is 2.60. The normalized spacial score (nSPS) is 36.3. The molecule has 2 aliphatic heterocycles. The van der Waals surface area contributed by atoms with Crippen molar-refractivity contribution in [3.8, 4) is 0 Å². The van der Waals surface area contributed by atoms with Crippen LogP contribution in [0.5, 0.6) is 0 Å². The van der Waals surface area contributed by atoms with Crippen LogP contribution in [0.3, 0.4) is 0 Å². The summed E-state index contributed by atoms with van der Waals surface area (Å²) in [6.45, 7) is -0.0796. The van der Waals surface area contributed by atoms with E-state index in [1.54, 1.807) is 0 Å². The van der Waals surface area contributed by atoms with Gasteiger partial charge in [0.25, 0.3) is 0 Å². The van der Waals surface area contributed by atoms with Gasteiger partial charge in [0.1, 0.15) is 6.04 Å². The van der Waals surface area contributed by atoms with E-state index in [2.05, 4.69) is 5.32 Å². The van der Waals surface area contributed by atoms with E-state index >= 15 is 0 Å². The summed E-state index contributed by atoms with van der Waals surface area (Å²) >= 11 is 0. The molecule has 1 N–H and O–H groups in total. The molecule has 0 aromatic rings. The van der Waals surface area contributed by atoms with E-state index in [-0.39, 0.29) is 6.54 Å². The third-order valence-corrected chi connectivity index (χ3v) is 2.97. The molecular weight excluding hydrogens is 213 g/mol. The van der Waals surface area contributed by atoms with E-state index in [0.29, 0.717) is 0 Å². The van der Waals surface area contributed by atoms with Gasteiger partial charge in [-0.3, -0.25) is 14.5 Å². The average molecular weight is 222 g/mol. The third kappa shape index (κ3) is 1.33. The van der Waals surface area contributed by atoms with Gasteiger partial charge in [0, 0.05) is 13.6 Å². The van der Waals surface area contributed by atoms with E-state index in [0.717, 1.165) is 4.90 Å². The zero-order chi connectivity index (χ0) is 11.4. The van der Waals surface area contributed by atoms with Gasteiger partial charge in [0.2, 0.25) is 11.8 Å². The van der Waals surface area contributed by atoms with Gasteiger partial charge in [-0.1, -0.05) is 0 Å². The summed E-state index contributed by atoms with van der Waals surface area (Å²) in [6, 6.07) is -1.89. The molecule has 2 amide bonds. The molecule has 0 aromatic carbocycles. The van der Waals surface area contributed by atoms with Crippen LogP contribution in [0, 0.1) is 11.8 Å². The molecule has 0 aliphatic carbocycles. The number of carbonyl (C=O) groups is 2. The van der Waals surface area contributed by atoms with Crippen LogP contribution in [-0.4, -0.2) is 42.5 Å². The maximum atomic E-state index is 12.5. The number of hydrogen-bond donors (Lipinski definition) is 1. The quantitative estimate of drug-likeness (QED) is 0.575. The predicted molar refractivity (Wildman–Crippen MR) is 42.6 cm³/mol. The van der Waals surface area contributed by atoms with Crippen molar-refractivity contribution in [2.75, 3.05) is 13.6 Å². The largest absolute Gasteiger partial charge is 0.404 e. The third-order valence-electron chi connectivity index (χ3n) is 2.97. The molecule has 2 fully saturated rings. The van der Waals surface area contributed by atoms with Crippen molar-refractivity contribution in [3.63, 3.8) is 0 Å². The van der Waals surface area contributed by atoms with Gasteiger partial charge < -0.3 is 5.32 Å². The number of nitrogens with one attached hydrogen (secondary N) is 1. The molecule has 2 saturated heterocycles. The number of hydrogen-bond acceptors (Lipinski definition) is 3. The first-order chi connectivity index (χ1) is 6.84. The van der Waals surface area contributed by atoms with Crippen LogP contribution in [0.4, 0.5) is 13.2 Å². The van der Waals surface area contributed by atoms with Crippen LogP contribution in [0.25, 0.3) is 0 Å². The highest BCUT2D eigenvalue weighted by Crippen LogP contribution is 2.39. The van der Waals surface area contributed by atoms with E-state index in [1.165, 1.54) is 7.05 Å². The van der Waals surface area contributed by atoms with Gasteiger partial charge in [-0.25, -0.2) is 0 Å². The minimum absolute atomic E-state index is 0.0796. The minimum Gasteiger partial charge on any atom is -0.305 e. The van der Waals surface area contributed by atoms with Gasteiger partial charge >= 0.3 is 6.18 Å². The Morgan fingerprint density at radius 3 is 2.47 bits per heavy atom. The second-order valence-corrected chi connectivity index (χ2v) is 3.80. The molecule has 2 aliphatic rings. The number of likely N-dealkylation sites (tertiary alicyclic amines) is 1. The van der Waals surface area contributed by atoms with Crippen molar-refractivity contribution in [3.05, 3.63) is 0 Å². The first kappa shape index (κ1) is 10.4. The Morgan fingerprint density at radius 2 is 1.93 bits per heavy atom. The van der Waals surface area contributed by atoms with E-state index < -0.39 is 35.9 Å². The summed E-state index contributed by atoms with van der Waals surface area (Å²) in [7, 11) is 1.22. The molecule has 4 nitrogen and oxygen atoms in total. The molecule has 0 radical (unpaired) electrons. The van der Waals surface area contributed by atoms with Crippen LogP contribution >= 0.6 is 0 Å². The number of imide groups is 1. The summed E-state index contributed by atoms with van der Waals surface area (Å²) < 4.78 is 37.4. The van der Waals surface area contributed by atoms with Gasteiger partial charge in [0.05, 0.1) is 11.8 Å². The second-order valence-electron chi connectivity index (χ2n) is 3.80. The molecule has 84 valence electrons. The molecule has 0 spiro atoms. The summed E-state index contributed by atoms with van der Waals surface area (Å²) in [5.41, 5.74) is 0. The Kier molecular flexibility index (Phi) is 2.04. The predicted octanol–water partition coefficient (Wildman–Crippen LogP) is -0.249. The first-order valence-electron chi connectivity index (χ1n) is 4.45. The lowest BCUT2D eigenvalue weighted by atomic mass is 9.93. The number of carbonyl (C=O) groups excluding carboxylic acids is 2.